The van der Waals surface area contributed by atoms with Crippen LogP contribution in [0.3, 0.4) is 0 Å². The Balaban J connectivity index is 1.66. The predicted octanol–water partition coefficient (Wildman–Crippen LogP) is 2.96. The van der Waals surface area contributed by atoms with Gasteiger partial charge in [0.2, 0.25) is 6.54 Å². The lowest BCUT2D eigenvalue weighted by Gasteiger charge is -2.40. The number of alkyl halides is 1. The van der Waals surface area contributed by atoms with Crippen molar-refractivity contribution in [3.63, 3.8) is 0 Å². The van der Waals surface area contributed by atoms with E-state index >= 15 is 0 Å². The molecule has 0 aliphatic carbocycles. The van der Waals surface area contributed by atoms with Gasteiger partial charge in [-0.25, -0.2) is 6.57 Å². The predicted molar refractivity (Wildman–Crippen MR) is 90.0 cm³/mol. The van der Waals surface area contributed by atoms with Crippen molar-refractivity contribution in [1.29, 1.82) is 0 Å². The van der Waals surface area contributed by atoms with Crippen LogP contribution in [0.25, 0.3) is 4.85 Å². The molecule has 5 atom stereocenters. The fraction of sp³-hybridized carbons (Fsp3) is 0.938. The van der Waals surface area contributed by atoms with Crippen LogP contribution in [0.15, 0.2) is 0 Å². The highest BCUT2D eigenvalue weighted by atomic mass is 127. The molecule has 1 unspecified atom stereocenters. The summed E-state index contributed by atoms with van der Waals surface area (Å²) in [7, 11) is 0. The summed E-state index contributed by atoms with van der Waals surface area (Å²) >= 11 is 2.40. The molecule has 0 saturated carbocycles. The summed E-state index contributed by atoms with van der Waals surface area (Å²) in [6.07, 6.45) is 4.06. The zero-order valence-electron chi connectivity index (χ0n) is 13.2. The number of halogens is 1. The van der Waals surface area contributed by atoms with E-state index in [1.165, 1.54) is 0 Å². The summed E-state index contributed by atoms with van der Waals surface area (Å²) in [6, 6.07) is 0. The fourth-order valence-electron chi connectivity index (χ4n) is 3.74. The zero-order valence-corrected chi connectivity index (χ0v) is 15.4. The van der Waals surface area contributed by atoms with Crippen molar-refractivity contribution in [3.05, 3.63) is 11.4 Å². The molecule has 124 valence electrons. The Hall–Kier alpha value is 0.0600. The summed E-state index contributed by atoms with van der Waals surface area (Å²) in [5, 5.41) is 0. The van der Waals surface area contributed by atoms with Gasteiger partial charge in [0.05, 0.1) is 24.9 Å². The van der Waals surface area contributed by atoms with Crippen molar-refractivity contribution < 1.29 is 18.9 Å². The molecule has 3 fully saturated rings. The molecule has 0 amide bonds. The maximum absolute atomic E-state index is 6.96. The molecule has 0 spiro atoms. The van der Waals surface area contributed by atoms with Crippen molar-refractivity contribution in [2.75, 3.05) is 17.6 Å². The van der Waals surface area contributed by atoms with Gasteiger partial charge in [-0.2, -0.15) is 0 Å². The lowest BCUT2D eigenvalue weighted by atomic mass is 9.87. The molecule has 0 aromatic carbocycles. The van der Waals surface area contributed by atoms with E-state index in [2.05, 4.69) is 27.4 Å². The van der Waals surface area contributed by atoms with Crippen LogP contribution >= 0.6 is 22.6 Å². The third kappa shape index (κ3) is 3.29. The van der Waals surface area contributed by atoms with Crippen molar-refractivity contribution >= 4 is 22.6 Å². The average molecular weight is 421 g/mol. The first kappa shape index (κ1) is 16.9. The lowest BCUT2D eigenvalue weighted by Crippen LogP contribution is -2.49. The maximum atomic E-state index is 6.96. The van der Waals surface area contributed by atoms with Gasteiger partial charge in [-0.05, 0) is 26.7 Å². The van der Waals surface area contributed by atoms with Gasteiger partial charge in [0, 0.05) is 17.3 Å². The molecule has 6 heteroatoms. The van der Waals surface area contributed by atoms with Gasteiger partial charge in [0.1, 0.15) is 11.7 Å². The maximum Gasteiger partial charge on any atom is 0.217 e. The third-order valence-electron chi connectivity index (χ3n) is 4.86. The lowest BCUT2D eigenvalue weighted by molar-refractivity contribution is -0.166. The smallest absolute Gasteiger partial charge is 0.217 e. The minimum Gasteiger partial charge on any atom is -0.369 e. The molecule has 3 aliphatic heterocycles. The molecule has 0 aromatic heterocycles. The van der Waals surface area contributed by atoms with Gasteiger partial charge in [-0.1, -0.05) is 22.6 Å². The molecular formula is C16H24INO4. The number of nitrogens with zero attached hydrogens (tertiary/aromatic N) is 1. The van der Waals surface area contributed by atoms with Gasteiger partial charge in [-0.15, -0.1) is 0 Å². The second-order valence-corrected chi connectivity index (χ2v) is 7.68. The minimum absolute atomic E-state index is 0.00860. The Morgan fingerprint density at radius 1 is 1.23 bits per heavy atom. The Morgan fingerprint density at radius 2 is 2.05 bits per heavy atom. The largest absolute Gasteiger partial charge is 0.369 e. The van der Waals surface area contributed by atoms with Crippen LogP contribution in [0.4, 0.5) is 0 Å². The molecule has 0 N–H and O–H groups in total. The molecule has 0 aromatic rings. The van der Waals surface area contributed by atoms with Gasteiger partial charge >= 0.3 is 0 Å². The molecule has 3 saturated heterocycles. The fourth-order valence-corrected chi connectivity index (χ4v) is 4.72. The number of hydrogen-bond donors (Lipinski definition) is 0. The first-order valence-corrected chi connectivity index (χ1v) is 9.55. The second-order valence-electron chi connectivity index (χ2n) is 6.92. The van der Waals surface area contributed by atoms with Crippen LogP contribution in [0.2, 0.25) is 0 Å². The summed E-state index contributed by atoms with van der Waals surface area (Å²) in [5.41, 5.74) is -0.216. The molecular weight excluding hydrogens is 397 g/mol. The van der Waals surface area contributed by atoms with E-state index in [1.807, 2.05) is 13.8 Å². The molecule has 3 aliphatic rings. The average Bonchev–Trinajstić information content (AvgIpc) is 3.05. The summed E-state index contributed by atoms with van der Waals surface area (Å²) < 4.78 is 25.3. The van der Waals surface area contributed by atoms with E-state index < -0.39 is 5.79 Å². The zero-order chi connectivity index (χ0) is 15.8. The first-order chi connectivity index (χ1) is 10.5. The molecule has 3 rings (SSSR count). The Kier molecular flexibility index (Phi) is 5.01. The van der Waals surface area contributed by atoms with Crippen molar-refractivity contribution in [2.45, 2.75) is 75.3 Å². The molecule has 5 nitrogen and oxygen atoms in total. The van der Waals surface area contributed by atoms with Gasteiger partial charge in [0.15, 0.2) is 5.79 Å². The number of ether oxygens (including phenoxy) is 4. The minimum atomic E-state index is -0.516. The summed E-state index contributed by atoms with van der Waals surface area (Å²) in [4.78, 5) is 3.46. The normalized spacial score (nSPS) is 43.7. The van der Waals surface area contributed by atoms with Crippen LogP contribution in [0.5, 0.6) is 0 Å². The highest BCUT2D eigenvalue weighted by Crippen LogP contribution is 2.45. The van der Waals surface area contributed by atoms with Crippen LogP contribution in [0.1, 0.15) is 39.5 Å². The van der Waals surface area contributed by atoms with Crippen molar-refractivity contribution in [2.24, 2.45) is 0 Å². The topological polar surface area (TPSA) is 41.3 Å². The summed E-state index contributed by atoms with van der Waals surface area (Å²) in [5.74, 6) is -0.516. The van der Waals surface area contributed by atoms with Crippen molar-refractivity contribution in [1.82, 2.24) is 0 Å². The van der Waals surface area contributed by atoms with Gasteiger partial charge < -0.3 is 23.8 Å². The van der Waals surface area contributed by atoms with Crippen molar-refractivity contribution in [3.8, 4) is 0 Å². The first-order valence-electron chi connectivity index (χ1n) is 8.02. The van der Waals surface area contributed by atoms with E-state index in [0.29, 0.717) is 13.2 Å². The highest BCUT2D eigenvalue weighted by Gasteiger charge is 2.55. The molecule has 0 bridgehead atoms. The molecule has 22 heavy (non-hydrogen) atoms. The Morgan fingerprint density at radius 3 is 2.68 bits per heavy atom. The van der Waals surface area contributed by atoms with E-state index in [0.717, 1.165) is 30.1 Å². The van der Waals surface area contributed by atoms with Crippen LogP contribution in [-0.4, -0.2) is 53.4 Å². The summed E-state index contributed by atoms with van der Waals surface area (Å²) in [6.45, 7) is 12.0. The SMILES string of the molecule is [C-]#[N+]CC[C@H]1CC[C@@H]2O[C@@H](C3COC(C)(C)O3)C[C@]2(CI)O1. The van der Waals surface area contributed by atoms with E-state index in [-0.39, 0.29) is 30.0 Å². The second kappa shape index (κ2) is 6.52. The monoisotopic (exact) mass is 421 g/mol. The van der Waals surface area contributed by atoms with Gasteiger partial charge in [-0.3, -0.25) is 0 Å². The Labute approximate surface area is 146 Å². The number of rotatable bonds is 4. The van der Waals surface area contributed by atoms with E-state index in [9.17, 15) is 0 Å². The Bertz CT molecular complexity index is 452. The molecule has 3 heterocycles. The highest BCUT2D eigenvalue weighted by molar-refractivity contribution is 14.1. The van der Waals surface area contributed by atoms with E-state index in [1.54, 1.807) is 0 Å². The van der Waals surface area contributed by atoms with Crippen LogP contribution < -0.4 is 0 Å². The van der Waals surface area contributed by atoms with Gasteiger partial charge in [0.25, 0.3) is 0 Å². The number of fused-ring (bicyclic) bond motifs is 1. The van der Waals surface area contributed by atoms with Crippen LogP contribution in [0, 0.1) is 6.57 Å². The number of hydrogen-bond acceptors (Lipinski definition) is 4. The molecule has 0 radical (unpaired) electrons. The van der Waals surface area contributed by atoms with E-state index in [4.69, 9.17) is 25.5 Å². The third-order valence-corrected chi connectivity index (χ3v) is 6.15. The van der Waals surface area contributed by atoms with Crippen LogP contribution in [-0.2, 0) is 18.9 Å². The standard InChI is InChI=1S/C16H24INO4/c1-15(2)19-9-13(22-15)12-8-16(10-17)14(20-12)5-4-11(21-16)6-7-18-3/h11-14H,4-10H2,1-2H3/t11-,12-,13?,14+,16-/m1/s1. The quantitative estimate of drug-likeness (QED) is 0.398.